The first-order chi connectivity index (χ1) is 16.0. The minimum Gasteiger partial charge on any atom is -0.310 e. The molecule has 2 aromatic heterocycles. The Kier molecular flexibility index (Phi) is 6.78. The number of anilines is 1. The van der Waals surface area contributed by atoms with Gasteiger partial charge in [-0.25, -0.2) is 13.8 Å². The van der Waals surface area contributed by atoms with Crippen LogP contribution in [0.4, 0.5) is 14.6 Å². The highest BCUT2D eigenvalue weighted by molar-refractivity contribution is 5.91. The average molecular weight is 444 g/mol. The van der Waals surface area contributed by atoms with E-state index >= 15 is 0 Å². The molecule has 7 heteroatoms. The Morgan fingerprint density at radius 1 is 1.06 bits per heavy atom. The van der Waals surface area contributed by atoms with Gasteiger partial charge in [-0.15, -0.1) is 0 Å². The third kappa shape index (κ3) is 5.63. The molecule has 0 atom stereocenters. The standard InChI is InChI=1S/C26H22F2N4O/c1-2-17-3-5-19(14-21(27)11-17)22-7-4-18(12-23(22)28)13-26(33)32-25-8-6-20(15-31-25)24-16-29-9-10-30-24/h3-10,12,14-16H,2,11,13H2,1H3,(H,31,32,33). The van der Waals surface area contributed by atoms with Gasteiger partial charge in [-0.3, -0.25) is 14.8 Å². The first-order valence-electron chi connectivity index (χ1n) is 10.6. The Hall–Kier alpha value is -4.00. The molecule has 0 unspecified atom stereocenters. The summed E-state index contributed by atoms with van der Waals surface area (Å²) in [6.07, 6.45) is 12.3. The fourth-order valence-electron chi connectivity index (χ4n) is 3.50. The molecular formula is C26H22F2N4O. The Balaban J connectivity index is 1.43. The van der Waals surface area contributed by atoms with Crippen LogP contribution in [-0.2, 0) is 11.2 Å². The van der Waals surface area contributed by atoms with Crippen molar-refractivity contribution in [2.75, 3.05) is 5.32 Å². The zero-order chi connectivity index (χ0) is 23.2. The van der Waals surface area contributed by atoms with E-state index in [9.17, 15) is 13.6 Å². The van der Waals surface area contributed by atoms with Crippen molar-refractivity contribution in [1.82, 2.24) is 15.0 Å². The number of allylic oxidation sites excluding steroid dienone is 6. The van der Waals surface area contributed by atoms with Crippen LogP contribution in [0, 0.1) is 5.82 Å². The second-order valence-electron chi connectivity index (χ2n) is 7.63. The monoisotopic (exact) mass is 444 g/mol. The van der Waals surface area contributed by atoms with E-state index in [1.54, 1.807) is 55.1 Å². The van der Waals surface area contributed by atoms with Crippen molar-refractivity contribution in [2.45, 2.75) is 26.2 Å². The van der Waals surface area contributed by atoms with Gasteiger partial charge in [-0.2, -0.15) is 0 Å². The smallest absolute Gasteiger partial charge is 0.229 e. The summed E-state index contributed by atoms with van der Waals surface area (Å²) in [5, 5.41) is 2.71. The molecule has 166 valence electrons. The van der Waals surface area contributed by atoms with Gasteiger partial charge in [0.05, 0.1) is 18.3 Å². The van der Waals surface area contributed by atoms with Crippen LogP contribution in [0.1, 0.15) is 30.9 Å². The fraction of sp³-hybridized carbons (Fsp3) is 0.154. The van der Waals surface area contributed by atoms with E-state index in [1.165, 1.54) is 12.1 Å². The molecule has 1 aromatic carbocycles. The number of rotatable bonds is 6. The van der Waals surface area contributed by atoms with Crippen molar-refractivity contribution in [1.29, 1.82) is 0 Å². The lowest BCUT2D eigenvalue weighted by molar-refractivity contribution is -0.115. The Morgan fingerprint density at radius 3 is 2.64 bits per heavy atom. The molecule has 5 nitrogen and oxygen atoms in total. The maximum atomic E-state index is 14.8. The topological polar surface area (TPSA) is 67.8 Å². The second kappa shape index (κ2) is 10.1. The molecule has 0 aliphatic heterocycles. The molecule has 0 spiro atoms. The second-order valence-corrected chi connectivity index (χ2v) is 7.63. The van der Waals surface area contributed by atoms with E-state index in [-0.39, 0.29) is 24.6 Å². The Labute approximate surface area is 190 Å². The number of carbonyl (C=O) groups is 1. The summed E-state index contributed by atoms with van der Waals surface area (Å²) < 4.78 is 28.9. The minimum atomic E-state index is -0.504. The number of hydrogen-bond donors (Lipinski definition) is 1. The molecular weight excluding hydrogens is 422 g/mol. The lowest BCUT2D eigenvalue weighted by Crippen LogP contribution is -2.15. The number of halogens is 2. The summed E-state index contributed by atoms with van der Waals surface area (Å²) in [5.74, 6) is -0.743. The molecule has 1 aliphatic carbocycles. The Morgan fingerprint density at radius 2 is 1.94 bits per heavy atom. The lowest BCUT2D eigenvalue weighted by Gasteiger charge is -2.08. The van der Waals surface area contributed by atoms with Gasteiger partial charge in [0.25, 0.3) is 0 Å². The first kappa shape index (κ1) is 22.2. The third-order valence-electron chi connectivity index (χ3n) is 5.26. The van der Waals surface area contributed by atoms with Crippen molar-refractivity contribution in [3.8, 4) is 11.3 Å². The average Bonchev–Trinajstić information content (AvgIpc) is 3.01. The molecule has 0 fully saturated rings. The van der Waals surface area contributed by atoms with Crippen LogP contribution in [0.15, 0.2) is 84.7 Å². The molecule has 0 bridgehead atoms. The molecule has 3 aromatic rings. The Bertz CT molecular complexity index is 1250. The summed E-state index contributed by atoms with van der Waals surface area (Å²) in [6.45, 7) is 1.96. The highest BCUT2D eigenvalue weighted by atomic mass is 19.1. The molecule has 4 rings (SSSR count). The van der Waals surface area contributed by atoms with Crippen molar-refractivity contribution in [2.24, 2.45) is 0 Å². The highest BCUT2D eigenvalue weighted by Crippen LogP contribution is 2.28. The minimum absolute atomic E-state index is 0.0199. The fourth-order valence-corrected chi connectivity index (χ4v) is 3.50. The van der Waals surface area contributed by atoms with Crippen molar-refractivity contribution in [3.05, 3.63) is 102 Å². The van der Waals surface area contributed by atoms with E-state index in [0.717, 1.165) is 17.6 Å². The number of pyridine rings is 1. The summed E-state index contributed by atoms with van der Waals surface area (Å²) in [5.41, 5.74) is 3.68. The molecule has 1 N–H and O–H groups in total. The quantitative estimate of drug-likeness (QED) is 0.519. The van der Waals surface area contributed by atoms with Crippen molar-refractivity contribution in [3.63, 3.8) is 0 Å². The zero-order valence-electron chi connectivity index (χ0n) is 18.1. The van der Waals surface area contributed by atoms with Crippen LogP contribution < -0.4 is 5.32 Å². The third-order valence-corrected chi connectivity index (χ3v) is 5.26. The first-order valence-corrected chi connectivity index (χ1v) is 10.6. The van der Waals surface area contributed by atoms with E-state index in [1.807, 2.05) is 13.0 Å². The van der Waals surface area contributed by atoms with Crippen molar-refractivity contribution < 1.29 is 13.6 Å². The molecule has 0 saturated heterocycles. The number of nitrogens with one attached hydrogen (secondary N) is 1. The largest absolute Gasteiger partial charge is 0.310 e. The zero-order valence-corrected chi connectivity index (χ0v) is 18.1. The van der Waals surface area contributed by atoms with Gasteiger partial charge in [-0.05, 0) is 41.8 Å². The van der Waals surface area contributed by atoms with Gasteiger partial charge in [0.15, 0.2) is 0 Å². The van der Waals surface area contributed by atoms with Crippen LogP contribution >= 0.6 is 0 Å². The molecule has 33 heavy (non-hydrogen) atoms. The summed E-state index contributed by atoms with van der Waals surface area (Å²) in [7, 11) is 0. The number of amides is 1. The van der Waals surface area contributed by atoms with E-state index < -0.39 is 5.82 Å². The van der Waals surface area contributed by atoms with Crippen LogP contribution in [0.3, 0.4) is 0 Å². The molecule has 1 aliphatic rings. The van der Waals surface area contributed by atoms with Gasteiger partial charge in [-0.1, -0.05) is 36.8 Å². The SMILES string of the molecule is CCC1=CC=C(c2ccc(CC(=O)Nc3ccc(-c4cnccn4)cn3)cc2F)C=C(F)C1. The van der Waals surface area contributed by atoms with Crippen LogP contribution in [0.2, 0.25) is 0 Å². The number of nitrogens with zero attached hydrogens (tertiary/aromatic N) is 3. The van der Waals surface area contributed by atoms with Gasteiger partial charge >= 0.3 is 0 Å². The molecule has 1 amide bonds. The number of hydrogen-bond acceptors (Lipinski definition) is 4. The predicted octanol–water partition coefficient (Wildman–Crippen LogP) is 5.84. The maximum absolute atomic E-state index is 14.8. The molecule has 0 saturated carbocycles. The maximum Gasteiger partial charge on any atom is 0.229 e. The van der Waals surface area contributed by atoms with Gasteiger partial charge in [0.1, 0.15) is 17.5 Å². The summed E-state index contributed by atoms with van der Waals surface area (Å²) >= 11 is 0. The number of benzene rings is 1. The number of aromatic nitrogens is 3. The van der Waals surface area contributed by atoms with Gasteiger partial charge in [0.2, 0.25) is 5.91 Å². The molecule has 2 heterocycles. The van der Waals surface area contributed by atoms with E-state index in [2.05, 4.69) is 20.3 Å². The molecule has 0 radical (unpaired) electrons. The van der Waals surface area contributed by atoms with Gasteiger partial charge < -0.3 is 5.32 Å². The van der Waals surface area contributed by atoms with Crippen LogP contribution in [-0.4, -0.2) is 20.9 Å². The highest BCUT2D eigenvalue weighted by Gasteiger charge is 2.13. The normalized spacial score (nSPS) is 13.5. The van der Waals surface area contributed by atoms with Crippen LogP contribution in [0.5, 0.6) is 0 Å². The summed E-state index contributed by atoms with van der Waals surface area (Å²) in [6, 6.07) is 8.01. The predicted molar refractivity (Wildman–Crippen MR) is 124 cm³/mol. The van der Waals surface area contributed by atoms with E-state index in [4.69, 9.17) is 0 Å². The number of carbonyl (C=O) groups excluding carboxylic acids is 1. The summed E-state index contributed by atoms with van der Waals surface area (Å²) in [4.78, 5) is 24.9. The lowest BCUT2D eigenvalue weighted by atomic mass is 10.0. The van der Waals surface area contributed by atoms with Crippen molar-refractivity contribution >= 4 is 17.3 Å². The van der Waals surface area contributed by atoms with E-state index in [0.29, 0.717) is 28.2 Å². The van der Waals surface area contributed by atoms with Gasteiger partial charge in [0, 0.05) is 36.1 Å². The van der Waals surface area contributed by atoms with Crippen LogP contribution in [0.25, 0.3) is 16.8 Å².